The largest absolute Gasteiger partial charge is 0.398 e. The molecule has 4 nitrogen and oxygen atoms in total. The lowest BCUT2D eigenvalue weighted by molar-refractivity contribution is 0.335. The standard InChI is InChI=1S/C20H32N2O2S/c1-19(2,3)22-25(23,24)13-10-15-6-7-18(21)17(14-15)16-8-11-20(4,5)12-9-16/h6-8,14,22H,9-13,21H2,1-5H3. The molecule has 0 amide bonds. The van der Waals surface area contributed by atoms with Crippen molar-refractivity contribution in [2.75, 3.05) is 11.5 Å². The van der Waals surface area contributed by atoms with Crippen LogP contribution >= 0.6 is 0 Å². The van der Waals surface area contributed by atoms with Crippen molar-refractivity contribution < 1.29 is 8.42 Å². The van der Waals surface area contributed by atoms with Gasteiger partial charge in [0.2, 0.25) is 10.0 Å². The zero-order chi connectivity index (χ0) is 18.9. The van der Waals surface area contributed by atoms with Gasteiger partial charge in [0.25, 0.3) is 0 Å². The Bertz CT molecular complexity index is 756. The zero-order valence-corrected chi connectivity index (χ0v) is 17.0. The number of hydrogen-bond donors (Lipinski definition) is 2. The normalized spacial score (nSPS) is 18.0. The van der Waals surface area contributed by atoms with Gasteiger partial charge in [0.15, 0.2) is 0 Å². The molecular formula is C20H32N2O2S. The average molecular weight is 365 g/mol. The molecule has 1 aromatic carbocycles. The van der Waals surface area contributed by atoms with Gasteiger partial charge in [-0.2, -0.15) is 0 Å². The van der Waals surface area contributed by atoms with Gasteiger partial charge >= 0.3 is 0 Å². The van der Waals surface area contributed by atoms with E-state index in [2.05, 4.69) is 30.7 Å². The lowest BCUT2D eigenvalue weighted by atomic mass is 9.76. The summed E-state index contributed by atoms with van der Waals surface area (Å²) in [4.78, 5) is 0. The third-order valence-corrected chi connectivity index (χ3v) is 6.22. The van der Waals surface area contributed by atoms with Crippen LogP contribution in [0.15, 0.2) is 24.3 Å². The predicted octanol–water partition coefficient (Wildman–Crippen LogP) is 4.12. The highest BCUT2D eigenvalue weighted by Gasteiger charge is 2.23. The molecular weight excluding hydrogens is 332 g/mol. The maximum atomic E-state index is 12.2. The van der Waals surface area contributed by atoms with Crippen LogP contribution in [0.4, 0.5) is 5.69 Å². The van der Waals surface area contributed by atoms with Crippen LogP contribution in [-0.4, -0.2) is 19.7 Å². The number of aryl methyl sites for hydroxylation is 1. The van der Waals surface area contributed by atoms with Gasteiger partial charge in [0.05, 0.1) is 5.75 Å². The molecule has 0 heterocycles. The van der Waals surface area contributed by atoms with Gasteiger partial charge < -0.3 is 5.73 Å². The third-order valence-electron chi connectivity index (χ3n) is 4.56. The van der Waals surface area contributed by atoms with E-state index in [1.807, 2.05) is 32.9 Å². The summed E-state index contributed by atoms with van der Waals surface area (Å²) in [5, 5.41) is 0. The molecule has 0 bridgehead atoms. The van der Waals surface area contributed by atoms with Gasteiger partial charge in [0.1, 0.15) is 0 Å². The fourth-order valence-electron chi connectivity index (χ4n) is 3.13. The maximum Gasteiger partial charge on any atom is 0.212 e. The monoisotopic (exact) mass is 364 g/mol. The predicted molar refractivity (Wildman–Crippen MR) is 107 cm³/mol. The third kappa shape index (κ3) is 6.15. The summed E-state index contributed by atoms with van der Waals surface area (Å²) >= 11 is 0. The Kier molecular flexibility index (Phi) is 5.69. The fourth-order valence-corrected chi connectivity index (χ4v) is 4.67. The number of rotatable bonds is 5. The molecule has 0 fully saturated rings. The Morgan fingerprint density at radius 3 is 2.48 bits per heavy atom. The number of sulfonamides is 1. The second kappa shape index (κ2) is 7.12. The topological polar surface area (TPSA) is 72.2 Å². The zero-order valence-electron chi connectivity index (χ0n) is 16.1. The average Bonchev–Trinajstić information content (AvgIpc) is 2.44. The fraction of sp³-hybridized carbons (Fsp3) is 0.600. The van der Waals surface area contributed by atoms with Crippen molar-refractivity contribution in [3.8, 4) is 0 Å². The summed E-state index contributed by atoms with van der Waals surface area (Å²) in [6.45, 7) is 10.1. The lowest BCUT2D eigenvalue weighted by Gasteiger charge is -2.29. The number of hydrogen-bond acceptors (Lipinski definition) is 3. The molecule has 0 aromatic heterocycles. The van der Waals surface area contributed by atoms with Gasteiger partial charge in [-0.3, -0.25) is 0 Å². The quantitative estimate of drug-likeness (QED) is 0.772. The van der Waals surface area contributed by atoms with Crippen molar-refractivity contribution >= 4 is 21.3 Å². The molecule has 25 heavy (non-hydrogen) atoms. The summed E-state index contributed by atoms with van der Waals surface area (Å²) < 4.78 is 27.1. The molecule has 0 saturated heterocycles. The lowest BCUT2D eigenvalue weighted by Crippen LogP contribution is -2.42. The minimum atomic E-state index is -3.30. The first-order valence-electron chi connectivity index (χ1n) is 8.96. The maximum absolute atomic E-state index is 12.2. The van der Waals surface area contributed by atoms with Gasteiger partial charge in [-0.25, -0.2) is 13.1 Å². The molecule has 3 N–H and O–H groups in total. The van der Waals surface area contributed by atoms with Crippen LogP contribution < -0.4 is 10.5 Å². The molecule has 2 rings (SSSR count). The van der Waals surface area contributed by atoms with Crippen LogP contribution in [0.2, 0.25) is 0 Å². The van der Waals surface area contributed by atoms with Crippen LogP contribution in [-0.2, 0) is 16.4 Å². The number of nitrogen functional groups attached to an aromatic ring is 1. The summed E-state index contributed by atoms with van der Waals surface area (Å²) in [5.41, 5.74) is 10.2. The van der Waals surface area contributed by atoms with Gasteiger partial charge in [0, 0.05) is 16.8 Å². The Morgan fingerprint density at radius 2 is 1.92 bits per heavy atom. The Balaban J connectivity index is 2.13. The van der Waals surface area contributed by atoms with Crippen molar-refractivity contribution in [3.05, 3.63) is 35.4 Å². The smallest absolute Gasteiger partial charge is 0.212 e. The Morgan fingerprint density at radius 1 is 1.24 bits per heavy atom. The minimum Gasteiger partial charge on any atom is -0.398 e. The van der Waals surface area contributed by atoms with E-state index in [1.54, 1.807) is 0 Å². The van der Waals surface area contributed by atoms with E-state index in [-0.39, 0.29) is 5.75 Å². The van der Waals surface area contributed by atoms with Gasteiger partial charge in [-0.15, -0.1) is 0 Å². The molecule has 140 valence electrons. The molecule has 0 atom stereocenters. The first-order chi connectivity index (χ1) is 11.4. The first kappa shape index (κ1) is 20.0. The Labute approximate surface area is 152 Å². The summed E-state index contributed by atoms with van der Waals surface area (Å²) in [7, 11) is -3.30. The van der Waals surface area contributed by atoms with Gasteiger partial charge in [-0.1, -0.05) is 26.0 Å². The van der Waals surface area contributed by atoms with Crippen molar-refractivity contribution in [1.29, 1.82) is 0 Å². The SMILES string of the molecule is CC1(C)CC=C(c2cc(CCS(=O)(=O)NC(C)(C)C)ccc2N)CC1. The van der Waals surface area contributed by atoms with Gasteiger partial charge in [-0.05, 0) is 75.1 Å². The second-order valence-corrected chi connectivity index (χ2v) is 10.8. The molecule has 1 aromatic rings. The number of anilines is 1. The molecule has 0 aliphatic heterocycles. The van der Waals surface area contributed by atoms with Crippen molar-refractivity contribution in [2.24, 2.45) is 5.41 Å². The van der Waals surface area contributed by atoms with Crippen molar-refractivity contribution in [2.45, 2.75) is 65.8 Å². The van der Waals surface area contributed by atoms with E-state index >= 15 is 0 Å². The van der Waals surface area contributed by atoms with Crippen LogP contribution in [0.25, 0.3) is 5.57 Å². The molecule has 5 heteroatoms. The highest BCUT2D eigenvalue weighted by Crippen LogP contribution is 2.39. The number of nitrogens with one attached hydrogen (secondary N) is 1. The number of nitrogens with two attached hydrogens (primary N) is 1. The van der Waals surface area contributed by atoms with Crippen LogP contribution in [0.1, 0.15) is 65.0 Å². The minimum absolute atomic E-state index is 0.0830. The summed E-state index contributed by atoms with van der Waals surface area (Å²) in [6.07, 6.45) is 5.99. The van der Waals surface area contributed by atoms with E-state index < -0.39 is 15.6 Å². The van der Waals surface area contributed by atoms with E-state index in [1.165, 1.54) is 5.57 Å². The summed E-state index contributed by atoms with van der Waals surface area (Å²) in [6, 6.07) is 5.89. The van der Waals surface area contributed by atoms with E-state index in [0.29, 0.717) is 11.8 Å². The molecule has 0 radical (unpaired) electrons. The highest BCUT2D eigenvalue weighted by atomic mass is 32.2. The molecule has 0 saturated carbocycles. The Hall–Kier alpha value is -1.33. The van der Waals surface area contributed by atoms with E-state index in [0.717, 1.165) is 36.1 Å². The van der Waals surface area contributed by atoms with Crippen molar-refractivity contribution in [3.63, 3.8) is 0 Å². The summed E-state index contributed by atoms with van der Waals surface area (Å²) in [5.74, 6) is 0.0830. The number of benzene rings is 1. The van der Waals surface area contributed by atoms with Crippen LogP contribution in [0.5, 0.6) is 0 Å². The van der Waals surface area contributed by atoms with Crippen LogP contribution in [0, 0.1) is 5.41 Å². The second-order valence-electron chi connectivity index (χ2n) is 8.94. The molecule has 0 spiro atoms. The van der Waals surface area contributed by atoms with Crippen LogP contribution in [0.3, 0.4) is 0 Å². The van der Waals surface area contributed by atoms with E-state index in [4.69, 9.17) is 5.73 Å². The van der Waals surface area contributed by atoms with Crippen molar-refractivity contribution in [1.82, 2.24) is 4.72 Å². The highest BCUT2D eigenvalue weighted by molar-refractivity contribution is 7.89. The molecule has 0 unspecified atom stereocenters. The molecule has 1 aliphatic rings. The van der Waals surface area contributed by atoms with E-state index in [9.17, 15) is 8.42 Å². The molecule has 1 aliphatic carbocycles. The first-order valence-corrected chi connectivity index (χ1v) is 10.6. The number of allylic oxidation sites excluding steroid dienone is 2.